The zero-order valence-electron chi connectivity index (χ0n) is 9.21. The van der Waals surface area contributed by atoms with Crippen LogP contribution >= 0.6 is 27.5 Å². The van der Waals surface area contributed by atoms with Crippen molar-refractivity contribution in [2.45, 2.75) is 19.3 Å². The second kappa shape index (κ2) is 4.43. The first-order valence-electron chi connectivity index (χ1n) is 5.63. The molecule has 0 bridgehead atoms. The molecule has 1 aromatic heterocycles. The first-order chi connectivity index (χ1) is 8.22. The summed E-state index contributed by atoms with van der Waals surface area (Å²) >= 11 is 9.52. The second-order valence-electron chi connectivity index (χ2n) is 4.35. The molecule has 0 fully saturated rings. The number of rotatable bonds is 0. The fraction of sp³-hybridized carbons (Fsp3) is 0.214. The first-order valence-corrected chi connectivity index (χ1v) is 6.80. The Morgan fingerprint density at radius 3 is 2.76 bits per heavy atom. The molecule has 1 nitrogen and oxygen atoms in total. The molecule has 0 radical (unpaired) electrons. The molecule has 17 heavy (non-hydrogen) atoms. The molecule has 0 aliphatic heterocycles. The van der Waals surface area contributed by atoms with Crippen LogP contribution in [0.1, 0.15) is 22.4 Å². The molecule has 0 saturated carbocycles. The third-order valence-corrected chi connectivity index (χ3v) is 3.89. The van der Waals surface area contributed by atoms with Crippen LogP contribution in [0.3, 0.4) is 0 Å². The molecule has 1 aliphatic rings. The van der Waals surface area contributed by atoms with Crippen LogP contribution in [0, 0.1) is 0 Å². The van der Waals surface area contributed by atoms with Crippen LogP contribution in [0.4, 0.5) is 0 Å². The average molecular weight is 309 g/mol. The number of aryl methyl sites for hydroxylation is 2. The maximum atomic E-state index is 6.04. The van der Waals surface area contributed by atoms with E-state index in [1.807, 2.05) is 12.3 Å². The van der Waals surface area contributed by atoms with Crippen LogP contribution in [0.2, 0.25) is 5.02 Å². The zero-order valence-corrected chi connectivity index (χ0v) is 11.6. The molecule has 0 saturated heterocycles. The van der Waals surface area contributed by atoms with Gasteiger partial charge in [-0.1, -0.05) is 17.7 Å². The summed E-state index contributed by atoms with van der Waals surface area (Å²) in [5.41, 5.74) is 5.23. The molecule has 0 N–H and O–H groups in total. The van der Waals surface area contributed by atoms with Crippen molar-refractivity contribution >= 4 is 27.5 Å². The number of hydrogen-bond donors (Lipinski definition) is 0. The summed E-state index contributed by atoms with van der Waals surface area (Å²) in [6.07, 6.45) is 4.87. The lowest BCUT2D eigenvalue weighted by molar-refractivity contribution is 0.949. The fourth-order valence-corrected chi connectivity index (χ4v) is 2.91. The Kier molecular flexibility index (Phi) is 2.93. The number of pyridine rings is 1. The molecule has 1 aromatic carbocycles. The van der Waals surface area contributed by atoms with Gasteiger partial charge < -0.3 is 0 Å². The lowest BCUT2D eigenvalue weighted by Gasteiger charge is -2.05. The summed E-state index contributed by atoms with van der Waals surface area (Å²) in [7, 11) is 0. The van der Waals surface area contributed by atoms with Crippen LogP contribution in [0.25, 0.3) is 0 Å². The number of nitrogens with zero attached hydrogens (tertiary/aromatic N) is 1. The highest BCUT2D eigenvalue weighted by atomic mass is 79.9. The molecule has 0 atom stereocenters. The molecule has 1 heterocycles. The van der Waals surface area contributed by atoms with Gasteiger partial charge in [0, 0.05) is 27.8 Å². The van der Waals surface area contributed by atoms with Crippen molar-refractivity contribution in [2.75, 3.05) is 0 Å². The molecule has 0 amide bonds. The zero-order chi connectivity index (χ0) is 11.8. The molecule has 86 valence electrons. The smallest absolute Gasteiger partial charge is 0.0480 e. The maximum absolute atomic E-state index is 6.04. The van der Waals surface area contributed by atoms with Gasteiger partial charge in [0.25, 0.3) is 0 Å². The number of aromatic nitrogens is 1. The molecule has 0 spiro atoms. The van der Waals surface area contributed by atoms with Crippen LogP contribution in [-0.4, -0.2) is 4.98 Å². The Morgan fingerprint density at radius 2 is 1.88 bits per heavy atom. The Hall–Kier alpha value is -0.860. The number of hydrogen-bond acceptors (Lipinski definition) is 1. The van der Waals surface area contributed by atoms with Gasteiger partial charge in [-0.2, -0.15) is 0 Å². The topological polar surface area (TPSA) is 12.9 Å². The Labute approximate surface area is 114 Å². The fourth-order valence-electron chi connectivity index (χ4n) is 2.33. The normalized spacial score (nSPS) is 13.8. The van der Waals surface area contributed by atoms with E-state index in [-0.39, 0.29) is 0 Å². The Balaban J connectivity index is 2.07. The monoisotopic (exact) mass is 307 g/mol. The van der Waals surface area contributed by atoms with E-state index in [2.05, 4.69) is 39.1 Å². The van der Waals surface area contributed by atoms with Crippen molar-refractivity contribution in [1.29, 1.82) is 0 Å². The van der Waals surface area contributed by atoms with E-state index in [1.165, 1.54) is 22.4 Å². The standard InChI is InChI=1S/C14H11BrClN/c15-12-5-11-2-1-9-6-13(16)4-3-10(9)7-14(11)17-8-12/h3-6,8H,1-2,7H2. The van der Waals surface area contributed by atoms with E-state index in [9.17, 15) is 0 Å². The molecule has 0 unspecified atom stereocenters. The van der Waals surface area contributed by atoms with Gasteiger partial charge in [0.1, 0.15) is 0 Å². The van der Waals surface area contributed by atoms with E-state index in [0.29, 0.717) is 0 Å². The quantitative estimate of drug-likeness (QED) is 0.711. The van der Waals surface area contributed by atoms with Gasteiger partial charge in [0.2, 0.25) is 0 Å². The van der Waals surface area contributed by atoms with E-state index in [1.54, 1.807) is 0 Å². The van der Waals surface area contributed by atoms with E-state index in [0.717, 1.165) is 28.8 Å². The van der Waals surface area contributed by atoms with Gasteiger partial charge in [-0.15, -0.1) is 0 Å². The largest absolute Gasteiger partial charge is 0.259 e. The van der Waals surface area contributed by atoms with Crippen molar-refractivity contribution in [3.05, 3.63) is 62.3 Å². The van der Waals surface area contributed by atoms with Crippen molar-refractivity contribution in [3.8, 4) is 0 Å². The molecular formula is C14H11BrClN. The van der Waals surface area contributed by atoms with E-state index in [4.69, 9.17) is 11.6 Å². The van der Waals surface area contributed by atoms with E-state index >= 15 is 0 Å². The predicted molar refractivity (Wildman–Crippen MR) is 73.6 cm³/mol. The Morgan fingerprint density at radius 1 is 1.06 bits per heavy atom. The van der Waals surface area contributed by atoms with E-state index < -0.39 is 0 Å². The minimum Gasteiger partial charge on any atom is -0.259 e. The van der Waals surface area contributed by atoms with Crippen LogP contribution in [0.15, 0.2) is 34.9 Å². The minimum absolute atomic E-state index is 0.823. The minimum atomic E-state index is 0.823. The van der Waals surface area contributed by atoms with Crippen molar-refractivity contribution in [2.24, 2.45) is 0 Å². The van der Waals surface area contributed by atoms with Gasteiger partial charge in [-0.25, -0.2) is 0 Å². The summed E-state index contributed by atoms with van der Waals surface area (Å²) in [4.78, 5) is 4.52. The van der Waals surface area contributed by atoms with Gasteiger partial charge >= 0.3 is 0 Å². The summed E-state index contributed by atoms with van der Waals surface area (Å²) in [5, 5.41) is 0.823. The van der Waals surface area contributed by atoms with Crippen molar-refractivity contribution in [3.63, 3.8) is 0 Å². The SMILES string of the molecule is Clc1ccc2c(c1)CCc1cc(Br)cnc1C2. The highest BCUT2D eigenvalue weighted by Crippen LogP contribution is 2.26. The summed E-state index contributed by atoms with van der Waals surface area (Å²) in [6, 6.07) is 8.34. The molecule has 3 rings (SSSR count). The first kappa shape index (κ1) is 11.2. The molecule has 1 aliphatic carbocycles. The lowest BCUT2D eigenvalue weighted by atomic mass is 10.0. The van der Waals surface area contributed by atoms with Crippen LogP contribution < -0.4 is 0 Å². The van der Waals surface area contributed by atoms with Crippen molar-refractivity contribution in [1.82, 2.24) is 4.98 Å². The van der Waals surface area contributed by atoms with Gasteiger partial charge in [0.05, 0.1) is 0 Å². The summed E-state index contributed by atoms with van der Waals surface area (Å²) in [5.74, 6) is 0. The molecular weight excluding hydrogens is 298 g/mol. The number of halogens is 2. The summed E-state index contributed by atoms with van der Waals surface area (Å²) < 4.78 is 1.06. The van der Waals surface area contributed by atoms with Gasteiger partial charge in [-0.05, 0) is 63.7 Å². The van der Waals surface area contributed by atoms with Crippen LogP contribution in [-0.2, 0) is 19.3 Å². The van der Waals surface area contributed by atoms with Crippen molar-refractivity contribution < 1.29 is 0 Å². The number of benzene rings is 1. The molecule has 3 heteroatoms. The highest BCUT2D eigenvalue weighted by molar-refractivity contribution is 9.10. The lowest BCUT2D eigenvalue weighted by Crippen LogP contribution is -1.96. The average Bonchev–Trinajstić information content (AvgIpc) is 2.48. The van der Waals surface area contributed by atoms with Gasteiger partial charge in [-0.3, -0.25) is 4.98 Å². The Bertz CT molecular complexity index is 529. The highest BCUT2D eigenvalue weighted by Gasteiger charge is 2.14. The summed E-state index contributed by atoms with van der Waals surface area (Å²) in [6.45, 7) is 0. The number of fused-ring (bicyclic) bond motifs is 2. The van der Waals surface area contributed by atoms with Crippen LogP contribution in [0.5, 0.6) is 0 Å². The second-order valence-corrected chi connectivity index (χ2v) is 5.70. The van der Waals surface area contributed by atoms with Gasteiger partial charge in [0.15, 0.2) is 0 Å². The molecule has 2 aromatic rings. The maximum Gasteiger partial charge on any atom is 0.0480 e. The predicted octanol–water partition coefficient (Wildman–Crippen LogP) is 4.19. The third-order valence-electron chi connectivity index (χ3n) is 3.22. The third kappa shape index (κ3) is 2.24.